The molecule has 0 atom stereocenters. The number of hydrogen-bond donors (Lipinski definition) is 1. The third-order valence-corrected chi connectivity index (χ3v) is 1.94. The van der Waals surface area contributed by atoms with Crippen molar-refractivity contribution in [2.45, 2.75) is 13.3 Å². The summed E-state index contributed by atoms with van der Waals surface area (Å²) in [5.74, 6) is -2.31. The maximum absolute atomic E-state index is 11.4. The van der Waals surface area contributed by atoms with E-state index in [2.05, 4.69) is 0 Å². The summed E-state index contributed by atoms with van der Waals surface area (Å²) >= 11 is 0. The lowest BCUT2D eigenvalue weighted by molar-refractivity contribution is -0.148. The van der Waals surface area contributed by atoms with Crippen LogP contribution < -0.4 is 4.90 Å². The second-order valence-electron chi connectivity index (χ2n) is 3.10. The Labute approximate surface area is 88.1 Å². The van der Waals surface area contributed by atoms with E-state index >= 15 is 0 Å². The predicted molar refractivity (Wildman–Crippen MR) is 56.7 cm³/mol. The number of carbonyl (C=O) groups excluding carboxylic acids is 1. The first-order chi connectivity index (χ1) is 7.16. The number of para-hydroxylation sites is 1. The van der Waals surface area contributed by atoms with Crippen molar-refractivity contribution in [2.75, 3.05) is 11.4 Å². The number of aliphatic carboxylic acids is 1. The average Bonchev–Trinajstić information content (AvgIpc) is 2.26. The first-order valence-electron chi connectivity index (χ1n) is 4.76. The quantitative estimate of drug-likeness (QED) is 0.764. The van der Waals surface area contributed by atoms with E-state index < -0.39 is 11.9 Å². The van der Waals surface area contributed by atoms with Gasteiger partial charge in [0, 0.05) is 12.2 Å². The highest BCUT2D eigenvalue weighted by Gasteiger charge is 2.21. The summed E-state index contributed by atoms with van der Waals surface area (Å²) in [4.78, 5) is 23.2. The van der Waals surface area contributed by atoms with Gasteiger partial charge in [-0.25, -0.2) is 4.79 Å². The lowest BCUT2D eigenvalue weighted by Crippen LogP contribution is -2.37. The normalized spacial score (nSPS) is 9.67. The van der Waals surface area contributed by atoms with Crippen LogP contribution in [0, 0.1) is 0 Å². The lowest BCUT2D eigenvalue weighted by atomic mass is 10.2. The van der Waals surface area contributed by atoms with E-state index in [0.717, 1.165) is 0 Å². The molecule has 0 unspecified atom stereocenters. The Balaban J connectivity index is 2.93. The van der Waals surface area contributed by atoms with Gasteiger partial charge in [0.1, 0.15) is 0 Å². The number of rotatable bonds is 3. The second kappa shape index (κ2) is 5.14. The Kier molecular flexibility index (Phi) is 3.85. The van der Waals surface area contributed by atoms with E-state index in [0.29, 0.717) is 18.7 Å². The molecule has 1 amide bonds. The summed E-state index contributed by atoms with van der Waals surface area (Å²) in [6.07, 6.45) is 0.716. The first-order valence-corrected chi connectivity index (χ1v) is 4.76. The van der Waals surface area contributed by atoms with Crippen LogP contribution >= 0.6 is 0 Å². The van der Waals surface area contributed by atoms with Gasteiger partial charge < -0.3 is 10.0 Å². The van der Waals surface area contributed by atoms with E-state index in [4.69, 9.17) is 5.11 Å². The van der Waals surface area contributed by atoms with Crippen LogP contribution in [0.4, 0.5) is 5.69 Å². The number of benzene rings is 1. The molecule has 0 radical (unpaired) electrons. The highest BCUT2D eigenvalue weighted by molar-refractivity contribution is 6.37. The molecule has 1 N–H and O–H groups in total. The minimum absolute atomic E-state index is 0.412. The van der Waals surface area contributed by atoms with Crippen LogP contribution in [-0.4, -0.2) is 23.5 Å². The fraction of sp³-hybridized carbons (Fsp3) is 0.273. The summed E-state index contributed by atoms with van der Waals surface area (Å²) in [7, 11) is 0. The minimum atomic E-state index is -1.42. The van der Waals surface area contributed by atoms with Crippen molar-refractivity contribution in [3.8, 4) is 0 Å². The molecule has 4 heteroatoms. The van der Waals surface area contributed by atoms with Gasteiger partial charge in [0.2, 0.25) is 0 Å². The molecule has 1 rings (SSSR count). The smallest absolute Gasteiger partial charge is 0.394 e. The Morgan fingerprint density at radius 1 is 1.27 bits per heavy atom. The van der Waals surface area contributed by atoms with Crippen LogP contribution in [0.5, 0.6) is 0 Å². The number of nitrogens with zero attached hydrogens (tertiary/aromatic N) is 1. The average molecular weight is 207 g/mol. The maximum atomic E-state index is 11.4. The number of hydrogen-bond acceptors (Lipinski definition) is 2. The Hall–Kier alpha value is -1.84. The Morgan fingerprint density at radius 3 is 2.33 bits per heavy atom. The zero-order valence-corrected chi connectivity index (χ0v) is 8.51. The molecular weight excluding hydrogens is 194 g/mol. The summed E-state index contributed by atoms with van der Waals surface area (Å²) in [5, 5.41) is 8.65. The molecule has 0 aliphatic carbocycles. The first kappa shape index (κ1) is 11.2. The number of carbonyl (C=O) groups is 2. The van der Waals surface area contributed by atoms with Gasteiger partial charge in [-0.05, 0) is 18.6 Å². The molecule has 4 nitrogen and oxygen atoms in total. The molecule has 1 aromatic rings. The van der Waals surface area contributed by atoms with Crippen LogP contribution in [0.15, 0.2) is 30.3 Å². The van der Waals surface area contributed by atoms with E-state index in [9.17, 15) is 9.59 Å². The van der Waals surface area contributed by atoms with Crippen LogP contribution in [0.3, 0.4) is 0 Å². The summed E-state index contributed by atoms with van der Waals surface area (Å²) in [6, 6.07) is 8.80. The van der Waals surface area contributed by atoms with Crippen LogP contribution in [0.25, 0.3) is 0 Å². The molecule has 0 aromatic heterocycles. The molecule has 1 aromatic carbocycles. The van der Waals surface area contributed by atoms with Gasteiger partial charge in [-0.15, -0.1) is 0 Å². The standard InChI is InChI=1S/C11H13NO3/c1-2-8-12(10(13)11(14)15)9-6-4-3-5-7-9/h3-7H,2,8H2,1H3,(H,14,15). The monoisotopic (exact) mass is 207 g/mol. The molecule has 0 saturated heterocycles. The van der Waals surface area contributed by atoms with Crippen molar-refractivity contribution in [3.05, 3.63) is 30.3 Å². The van der Waals surface area contributed by atoms with Gasteiger partial charge in [-0.3, -0.25) is 4.79 Å². The van der Waals surface area contributed by atoms with Crippen LogP contribution in [0.1, 0.15) is 13.3 Å². The SMILES string of the molecule is CCCN(C(=O)C(=O)O)c1ccccc1. The molecule has 15 heavy (non-hydrogen) atoms. The van der Waals surface area contributed by atoms with Crippen molar-refractivity contribution in [1.82, 2.24) is 0 Å². The number of carboxylic acid groups (broad SMARTS) is 1. The van der Waals surface area contributed by atoms with Crippen molar-refractivity contribution in [3.63, 3.8) is 0 Å². The molecule has 0 fully saturated rings. The number of amides is 1. The van der Waals surface area contributed by atoms with Crippen LogP contribution in [0.2, 0.25) is 0 Å². The van der Waals surface area contributed by atoms with Gasteiger partial charge in [0.15, 0.2) is 0 Å². The lowest BCUT2D eigenvalue weighted by Gasteiger charge is -2.19. The highest BCUT2D eigenvalue weighted by atomic mass is 16.4. The van der Waals surface area contributed by atoms with E-state index in [1.165, 1.54) is 4.90 Å². The molecule has 0 heterocycles. The zero-order valence-electron chi connectivity index (χ0n) is 8.51. The fourth-order valence-electron chi connectivity index (χ4n) is 1.29. The fourth-order valence-corrected chi connectivity index (χ4v) is 1.29. The van der Waals surface area contributed by atoms with Gasteiger partial charge >= 0.3 is 11.9 Å². The van der Waals surface area contributed by atoms with Crippen molar-refractivity contribution >= 4 is 17.6 Å². The van der Waals surface area contributed by atoms with E-state index in [1.54, 1.807) is 24.3 Å². The third-order valence-electron chi connectivity index (χ3n) is 1.94. The summed E-state index contributed by atoms with van der Waals surface area (Å²) < 4.78 is 0. The summed E-state index contributed by atoms with van der Waals surface area (Å²) in [5.41, 5.74) is 0.617. The molecule has 0 saturated carbocycles. The van der Waals surface area contributed by atoms with Crippen LogP contribution in [-0.2, 0) is 9.59 Å². The molecule has 0 aliphatic heterocycles. The van der Waals surface area contributed by atoms with Crippen molar-refractivity contribution in [2.24, 2.45) is 0 Å². The maximum Gasteiger partial charge on any atom is 0.394 e. The van der Waals surface area contributed by atoms with Gasteiger partial charge in [-0.2, -0.15) is 0 Å². The van der Waals surface area contributed by atoms with Crippen molar-refractivity contribution in [1.29, 1.82) is 0 Å². The minimum Gasteiger partial charge on any atom is -0.474 e. The van der Waals surface area contributed by atoms with Gasteiger partial charge in [0.25, 0.3) is 0 Å². The zero-order chi connectivity index (χ0) is 11.3. The third kappa shape index (κ3) is 2.80. The Bertz CT molecular complexity index is 348. The molecule has 0 aliphatic rings. The molecule has 0 spiro atoms. The predicted octanol–water partition coefficient (Wildman–Crippen LogP) is 1.51. The second-order valence-corrected chi connectivity index (χ2v) is 3.10. The van der Waals surface area contributed by atoms with E-state index in [1.807, 2.05) is 13.0 Å². The topological polar surface area (TPSA) is 57.6 Å². The largest absolute Gasteiger partial charge is 0.474 e. The number of anilines is 1. The molecule has 0 bridgehead atoms. The molecule has 80 valence electrons. The van der Waals surface area contributed by atoms with E-state index in [-0.39, 0.29) is 0 Å². The Morgan fingerprint density at radius 2 is 1.87 bits per heavy atom. The summed E-state index contributed by atoms with van der Waals surface area (Å²) in [6.45, 7) is 2.31. The number of carboxylic acids is 1. The van der Waals surface area contributed by atoms with Crippen molar-refractivity contribution < 1.29 is 14.7 Å². The highest BCUT2D eigenvalue weighted by Crippen LogP contribution is 2.13. The molecular formula is C11H13NO3. The van der Waals surface area contributed by atoms with Gasteiger partial charge in [-0.1, -0.05) is 25.1 Å². The van der Waals surface area contributed by atoms with Gasteiger partial charge in [0.05, 0.1) is 0 Å².